The molecule has 0 aromatic rings. The Morgan fingerprint density at radius 2 is 1.50 bits per heavy atom. The van der Waals surface area contributed by atoms with E-state index in [4.69, 9.17) is 5.11 Å². The third-order valence-corrected chi connectivity index (χ3v) is 1.99. The SMILES string of the molecule is CC1CCC(O)CC1.O.[W]. The van der Waals surface area contributed by atoms with Gasteiger partial charge in [0, 0.05) is 21.1 Å². The zero-order valence-corrected chi connectivity index (χ0v) is 9.27. The summed E-state index contributed by atoms with van der Waals surface area (Å²) < 4.78 is 0. The summed E-state index contributed by atoms with van der Waals surface area (Å²) >= 11 is 0. The minimum absolute atomic E-state index is 0. The van der Waals surface area contributed by atoms with Gasteiger partial charge in [0.2, 0.25) is 0 Å². The fourth-order valence-corrected chi connectivity index (χ4v) is 1.24. The molecule has 0 radical (unpaired) electrons. The van der Waals surface area contributed by atoms with Gasteiger partial charge in [-0.15, -0.1) is 0 Å². The standard InChI is InChI=1S/C7H14O.H2O.W/c1-6-2-4-7(8)5-3-6;;/h6-8H,2-5H2,1H3;1H2;. The van der Waals surface area contributed by atoms with Gasteiger partial charge in [0.15, 0.2) is 0 Å². The van der Waals surface area contributed by atoms with Crippen LogP contribution in [0, 0.1) is 5.92 Å². The number of aliphatic hydroxyl groups is 1. The zero-order valence-electron chi connectivity index (χ0n) is 6.34. The molecule has 0 saturated heterocycles. The quantitative estimate of drug-likeness (QED) is 0.704. The molecule has 1 saturated carbocycles. The van der Waals surface area contributed by atoms with Crippen LogP contribution in [-0.4, -0.2) is 16.7 Å². The van der Waals surface area contributed by atoms with E-state index >= 15 is 0 Å². The van der Waals surface area contributed by atoms with Gasteiger partial charge in [0.25, 0.3) is 0 Å². The molecule has 0 spiro atoms. The summed E-state index contributed by atoms with van der Waals surface area (Å²) in [7, 11) is 0. The third-order valence-electron chi connectivity index (χ3n) is 1.99. The van der Waals surface area contributed by atoms with Gasteiger partial charge in [0.05, 0.1) is 6.10 Å². The Kier molecular flexibility index (Phi) is 8.36. The van der Waals surface area contributed by atoms with Crippen LogP contribution in [-0.2, 0) is 21.1 Å². The van der Waals surface area contributed by atoms with Crippen molar-refractivity contribution in [1.82, 2.24) is 0 Å². The Labute approximate surface area is 76.6 Å². The molecule has 0 aromatic carbocycles. The second-order valence-electron chi connectivity index (χ2n) is 2.91. The van der Waals surface area contributed by atoms with E-state index in [9.17, 15) is 0 Å². The van der Waals surface area contributed by atoms with E-state index in [2.05, 4.69) is 6.92 Å². The minimum Gasteiger partial charge on any atom is -0.412 e. The Bertz CT molecular complexity index is 60.0. The van der Waals surface area contributed by atoms with Crippen LogP contribution in [0.5, 0.6) is 0 Å². The normalized spacial score (nSPS) is 31.8. The molecule has 3 heteroatoms. The average Bonchev–Trinajstić information content (AvgIpc) is 1.77. The molecule has 0 aliphatic heterocycles. The van der Waals surface area contributed by atoms with Crippen LogP contribution in [0.15, 0.2) is 0 Å². The van der Waals surface area contributed by atoms with Gasteiger partial charge in [-0.25, -0.2) is 0 Å². The summed E-state index contributed by atoms with van der Waals surface area (Å²) in [6.45, 7) is 2.26. The largest absolute Gasteiger partial charge is 0.412 e. The first-order valence-corrected chi connectivity index (χ1v) is 3.47. The molecule has 10 heavy (non-hydrogen) atoms. The maximum Gasteiger partial charge on any atom is 0.0540 e. The van der Waals surface area contributed by atoms with Gasteiger partial charge < -0.3 is 10.6 Å². The molecule has 1 rings (SSSR count). The smallest absolute Gasteiger partial charge is 0.0540 e. The van der Waals surface area contributed by atoms with Gasteiger partial charge in [-0.2, -0.15) is 0 Å². The summed E-state index contributed by atoms with van der Waals surface area (Å²) in [4.78, 5) is 0. The molecule has 0 amide bonds. The van der Waals surface area contributed by atoms with Gasteiger partial charge >= 0.3 is 0 Å². The zero-order chi connectivity index (χ0) is 5.98. The fourth-order valence-electron chi connectivity index (χ4n) is 1.24. The molecule has 62 valence electrons. The predicted octanol–water partition coefficient (Wildman–Crippen LogP) is 0.730. The molecular weight excluding hydrogens is 300 g/mol. The van der Waals surface area contributed by atoms with Crippen LogP contribution in [0.2, 0.25) is 0 Å². The van der Waals surface area contributed by atoms with E-state index in [-0.39, 0.29) is 32.6 Å². The van der Waals surface area contributed by atoms with Crippen molar-refractivity contribution in [2.45, 2.75) is 38.7 Å². The van der Waals surface area contributed by atoms with E-state index in [1.807, 2.05) is 0 Å². The molecule has 1 fully saturated rings. The predicted molar refractivity (Wildman–Crippen MR) is 37.3 cm³/mol. The van der Waals surface area contributed by atoms with Crippen LogP contribution in [0.4, 0.5) is 0 Å². The second kappa shape index (κ2) is 6.33. The summed E-state index contributed by atoms with van der Waals surface area (Å²) in [6.07, 6.45) is 4.52. The van der Waals surface area contributed by atoms with Crippen molar-refractivity contribution >= 4 is 0 Å². The van der Waals surface area contributed by atoms with Crippen LogP contribution in [0.25, 0.3) is 0 Å². The van der Waals surface area contributed by atoms with Crippen molar-refractivity contribution in [1.29, 1.82) is 0 Å². The third kappa shape index (κ3) is 4.43. The molecule has 2 nitrogen and oxygen atoms in total. The Morgan fingerprint density at radius 1 is 1.10 bits per heavy atom. The summed E-state index contributed by atoms with van der Waals surface area (Å²) in [5.74, 6) is 0.860. The molecule has 0 aromatic heterocycles. The van der Waals surface area contributed by atoms with Crippen molar-refractivity contribution < 1.29 is 31.6 Å². The Morgan fingerprint density at radius 3 is 1.80 bits per heavy atom. The van der Waals surface area contributed by atoms with Gasteiger partial charge in [-0.1, -0.05) is 6.92 Å². The number of hydrogen-bond acceptors (Lipinski definition) is 1. The number of rotatable bonds is 0. The molecule has 1 aliphatic carbocycles. The molecule has 0 bridgehead atoms. The van der Waals surface area contributed by atoms with Gasteiger partial charge in [-0.3, -0.25) is 0 Å². The molecule has 3 N–H and O–H groups in total. The van der Waals surface area contributed by atoms with E-state index in [1.165, 1.54) is 12.8 Å². The van der Waals surface area contributed by atoms with Crippen LogP contribution < -0.4 is 0 Å². The molecule has 1 aliphatic rings. The van der Waals surface area contributed by atoms with E-state index in [1.54, 1.807) is 0 Å². The molecule has 0 atom stereocenters. The van der Waals surface area contributed by atoms with Crippen LogP contribution in [0.3, 0.4) is 0 Å². The Hall–Kier alpha value is 0.608. The first-order chi connectivity index (χ1) is 3.79. The van der Waals surface area contributed by atoms with Gasteiger partial charge in [0.1, 0.15) is 0 Å². The molecule has 0 unspecified atom stereocenters. The van der Waals surface area contributed by atoms with Crippen molar-refractivity contribution in [3.63, 3.8) is 0 Å². The maximum atomic E-state index is 9.03. The summed E-state index contributed by atoms with van der Waals surface area (Å²) in [6, 6.07) is 0. The van der Waals surface area contributed by atoms with Crippen LogP contribution >= 0.6 is 0 Å². The topological polar surface area (TPSA) is 51.7 Å². The monoisotopic (exact) mass is 316 g/mol. The average molecular weight is 316 g/mol. The summed E-state index contributed by atoms with van der Waals surface area (Å²) in [5, 5.41) is 9.03. The second-order valence-corrected chi connectivity index (χ2v) is 2.91. The Balaban J connectivity index is 0. The van der Waals surface area contributed by atoms with Crippen molar-refractivity contribution in [2.75, 3.05) is 0 Å². The van der Waals surface area contributed by atoms with Crippen LogP contribution in [0.1, 0.15) is 32.6 Å². The molecule has 0 heterocycles. The molecular formula is C7H16O2W. The van der Waals surface area contributed by atoms with E-state index < -0.39 is 0 Å². The summed E-state index contributed by atoms with van der Waals surface area (Å²) in [5.41, 5.74) is 0. The number of hydrogen-bond donors (Lipinski definition) is 1. The van der Waals surface area contributed by atoms with Crippen molar-refractivity contribution in [3.05, 3.63) is 0 Å². The maximum absolute atomic E-state index is 9.03. The first kappa shape index (κ1) is 13.2. The number of aliphatic hydroxyl groups excluding tert-OH is 1. The van der Waals surface area contributed by atoms with Crippen molar-refractivity contribution in [3.8, 4) is 0 Å². The fraction of sp³-hybridized carbons (Fsp3) is 1.00. The van der Waals surface area contributed by atoms with Gasteiger partial charge in [-0.05, 0) is 31.6 Å². The first-order valence-electron chi connectivity index (χ1n) is 3.47. The van der Waals surface area contributed by atoms with E-state index in [0.717, 1.165) is 18.8 Å². The minimum atomic E-state index is 0. The van der Waals surface area contributed by atoms with E-state index in [0.29, 0.717) is 0 Å². The van der Waals surface area contributed by atoms with Crippen molar-refractivity contribution in [2.24, 2.45) is 5.92 Å².